The summed E-state index contributed by atoms with van der Waals surface area (Å²) in [4.78, 5) is 24.2. The smallest absolute Gasteiger partial charge is 0.163 e. The van der Waals surface area contributed by atoms with Crippen LogP contribution in [0, 0.1) is 0 Å². The SMILES string of the molecule is O=C(C[C@H]1C(=O)Cc2ccccc21)c1ccccc1. The second-order valence-electron chi connectivity index (χ2n) is 4.89. The Morgan fingerprint density at radius 3 is 2.47 bits per heavy atom. The van der Waals surface area contributed by atoms with E-state index in [9.17, 15) is 9.59 Å². The zero-order chi connectivity index (χ0) is 13.2. The summed E-state index contributed by atoms with van der Waals surface area (Å²) in [6.45, 7) is 0. The predicted molar refractivity (Wildman–Crippen MR) is 73.3 cm³/mol. The van der Waals surface area contributed by atoms with E-state index in [4.69, 9.17) is 0 Å². The van der Waals surface area contributed by atoms with Crippen molar-refractivity contribution in [2.45, 2.75) is 18.8 Å². The second-order valence-corrected chi connectivity index (χ2v) is 4.89. The van der Waals surface area contributed by atoms with Gasteiger partial charge in [-0.25, -0.2) is 0 Å². The largest absolute Gasteiger partial charge is 0.299 e. The van der Waals surface area contributed by atoms with E-state index in [1.165, 1.54) is 0 Å². The molecule has 0 N–H and O–H groups in total. The van der Waals surface area contributed by atoms with E-state index in [-0.39, 0.29) is 23.9 Å². The zero-order valence-corrected chi connectivity index (χ0v) is 10.5. The molecule has 0 aliphatic heterocycles. The Balaban J connectivity index is 1.85. The maximum atomic E-state index is 12.2. The lowest BCUT2D eigenvalue weighted by molar-refractivity contribution is -0.119. The van der Waals surface area contributed by atoms with Crippen molar-refractivity contribution in [3.63, 3.8) is 0 Å². The quantitative estimate of drug-likeness (QED) is 0.784. The van der Waals surface area contributed by atoms with Gasteiger partial charge in [-0.05, 0) is 11.1 Å². The molecule has 0 aromatic heterocycles. The van der Waals surface area contributed by atoms with Crippen LogP contribution in [0.1, 0.15) is 33.8 Å². The topological polar surface area (TPSA) is 34.1 Å². The van der Waals surface area contributed by atoms with Gasteiger partial charge in [-0.2, -0.15) is 0 Å². The van der Waals surface area contributed by atoms with Crippen molar-refractivity contribution in [1.82, 2.24) is 0 Å². The van der Waals surface area contributed by atoms with Gasteiger partial charge in [-0.15, -0.1) is 0 Å². The highest BCUT2D eigenvalue weighted by atomic mass is 16.1. The molecule has 0 spiro atoms. The van der Waals surface area contributed by atoms with Crippen LogP contribution in [0.2, 0.25) is 0 Å². The van der Waals surface area contributed by atoms with Crippen molar-refractivity contribution in [2.24, 2.45) is 0 Å². The van der Waals surface area contributed by atoms with Gasteiger partial charge in [0.1, 0.15) is 5.78 Å². The fraction of sp³-hybridized carbons (Fsp3) is 0.176. The normalized spacial score (nSPS) is 17.3. The van der Waals surface area contributed by atoms with Crippen molar-refractivity contribution in [3.05, 3.63) is 71.3 Å². The molecular formula is C17H14O2. The lowest BCUT2D eigenvalue weighted by Gasteiger charge is -2.09. The Hall–Kier alpha value is -2.22. The molecule has 1 atom stereocenters. The number of benzene rings is 2. The monoisotopic (exact) mass is 250 g/mol. The van der Waals surface area contributed by atoms with E-state index in [1.54, 1.807) is 12.1 Å². The van der Waals surface area contributed by atoms with Gasteiger partial charge in [0.05, 0.1) is 5.92 Å². The van der Waals surface area contributed by atoms with E-state index in [1.807, 2.05) is 42.5 Å². The minimum Gasteiger partial charge on any atom is -0.299 e. The molecule has 19 heavy (non-hydrogen) atoms. The molecular weight excluding hydrogens is 236 g/mol. The van der Waals surface area contributed by atoms with Crippen molar-refractivity contribution < 1.29 is 9.59 Å². The Bertz CT molecular complexity index is 629. The van der Waals surface area contributed by atoms with Crippen LogP contribution in [-0.4, -0.2) is 11.6 Å². The van der Waals surface area contributed by atoms with Crippen molar-refractivity contribution in [2.75, 3.05) is 0 Å². The highest BCUT2D eigenvalue weighted by molar-refractivity contribution is 6.02. The number of Topliss-reactive ketones (excluding diaryl/α,β-unsaturated/α-hetero) is 2. The van der Waals surface area contributed by atoms with Gasteiger partial charge in [-0.3, -0.25) is 9.59 Å². The van der Waals surface area contributed by atoms with Crippen LogP contribution < -0.4 is 0 Å². The number of rotatable bonds is 3. The number of carbonyl (C=O) groups excluding carboxylic acids is 2. The zero-order valence-electron chi connectivity index (χ0n) is 10.5. The molecule has 2 aromatic carbocycles. The maximum absolute atomic E-state index is 12.2. The Labute approximate surface area is 112 Å². The summed E-state index contributed by atoms with van der Waals surface area (Å²) in [7, 11) is 0. The first-order chi connectivity index (χ1) is 9.25. The standard InChI is InChI=1S/C17H14O2/c18-16(12-6-2-1-3-7-12)11-15-14-9-5-4-8-13(14)10-17(15)19/h1-9,15H,10-11H2/t15-/m1/s1. The van der Waals surface area contributed by atoms with Gasteiger partial charge in [0.25, 0.3) is 0 Å². The summed E-state index contributed by atoms with van der Waals surface area (Å²) >= 11 is 0. The molecule has 2 heteroatoms. The van der Waals surface area contributed by atoms with Gasteiger partial charge in [0, 0.05) is 18.4 Å². The third-order valence-electron chi connectivity index (χ3n) is 3.67. The predicted octanol–water partition coefficient (Wildman–Crippen LogP) is 3.17. The lowest BCUT2D eigenvalue weighted by Crippen LogP contribution is -2.12. The number of hydrogen-bond donors (Lipinski definition) is 0. The molecule has 0 fully saturated rings. The lowest BCUT2D eigenvalue weighted by atomic mass is 9.92. The molecule has 2 aromatic rings. The van der Waals surface area contributed by atoms with Crippen LogP contribution >= 0.6 is 0 Å². The molecule has 0 bridgehead atoms. The molecule has 0 saturated carbocycles. The van der Waals surface area contributed by atoms with E-state index in [2.05, 4.69) is 0 Å². The first-order valence-electron chi connectivity index (χ1n) is 6.44. The minimum absolute atomic E-state index is 0.0376. The molecule has 0 unspecified atom stereocenters. The van der Waals surface area contributed by atoms with Gasteiger partial charge in [0.15, 0.2) is 5.78 Å². The molecule has 94 valence electrons. The average molecular weight is 250 g/mol. The fourth-order valence-corrected chi connectivity index (χ4v) is 2.67. The number of ketones is 2. The van der Waals surface area contributed by atoms with Crippen LogP contribution in [-0.2, 0) is 11.2 Å². The van der Waals surface area contributed by atoms with E-state index in [0.717, 1.165) is 11.1 Å². The molecule has 1 aliphatic rings. The van der Waals surface area contributed by atoms with Crippen LogP contribution in [0.15, 0.2) is 54.6 Å². The Morgan fingerprint density at radius 1 is 1.00 bits per heavy atom. The molecule has 2 nitrogen and oxygen atoms in total. The average Bonchev–Trinajstić information content (AvgIpc) is 2.76. The fourth-order valence-electron chi connectivity index (χ4n) is 2.67. The van der Waals surface area contributed by atoms with Gasteiger partial charge in [-0.1, -0.05) is 54.6 Å². The van der Waals surface area contributed by atoms with Crippen molar-refractivity contribution in [1.29, 1.82) is 0 Å². The minimum atomic E-state index is -0.260. The van der Waals surface area contributed by atoms with Crippen LogP contribution in [0.25, 0.3) is 0 Å². The third-order valence-corrected chi connectivity index (χ3v) is 3.67. The first-order valence-corrected chi connectivity index (χ1v) is 6.44. The summed E-state index contributed by atoms with van der Waals surface area (Å²) in [6.07, 6.45) is 0.739. The summed E-state index contributed by atoms with van der Waals surface area (Å²) in [6, 6.07) is 17.0. The number of hydrogen-bond acceptors (Lipinski definition) is 2. The van der Waals surface area contributed by atoms with E-state index >= 15 is 0 Å². The van der Waals surface area contributed by atoms with Crippen molar-refractivity contribution >= 4 is 11.6 Å². The van der Waals surface area contributed by atoms with Gasteiger partial charge >= 0.3 is 0 Å². The van der Waals surface area contributed by atoms with Crippen LogP contribution in [0.3, 0.4) is 0 Å². The van der Waals surface area contributed by atoms with Gasteiger partial charge in [0.2, 0.25) is 0 Å². The highest BCUT2D eigenvalue weighted by Crippen LogP contribution is 2.33. The highest BCUT2D eigenvalue weighted by Gasteiger charge is 2.31. The number of carbonyl (C=O) groups is 2. The Kier molecular flexibility index (Phi) is 3.00. The summed E-state index contributed by atoms with van der Waals surface area (Å²) in [5, 5.41) is 0. The van der Waals surface area contributed by atoms with E-state index in [0.29, 0.717) is 12.0 Å². The van der Waals surface area contributed by atoms with Crippen LogP contribution in [0.5, 0.6) is 0 Å². The maximum Gasteiger partial charge on any atom is 0.163 e. The second kappa shape index (κ2) is 4.81. The molecule has 0 saturated heterocycles. The first kappa shape index (κ1) is 11.8. The van der Waals surface area contributed by atoms with Crippen LogP contribution in [0.4, 0.5) is 0 Å². The summed E-state index contributed by atoms with van der Waals surface area (Å²) in [5.41, 5.74) is 2.77. The molecule has 3 rings (SSSR count). The summed E-state index contributed by atoms with van der Waals surface area (Å²) in [5.74, 6) is -0.0648. The summed E-state index contributed by atoms with van der Waals surface area (Å²) < 4.78 is 0. The Morgan fingerprint density at radius 2 is 1.68 bits per heavy atom. The molecule has 0 heterocycles. The number of fused-ring (bicyclic) bond motifs is 1. The van der Waals surface area contributed by atoms with E-state index < -0.39 is 0 Å². The molecule has 1 aliphatic carbocycles. The van der Waals surface area contributed by atoms with Crippen molar-refractivity contribution in [3.8, 4) is 0 Å². The molecule has 0 radical (unpaired) electrons. The molecule has 0 amide bonds. The van der Waals surface area contributed by atoms with Gasteiger partial charge < -0.3 is 0 Å². The third kappa shape index (κ3) is 2.22.